The van der Waals surface area contributed by atoms with Gasteiger partial charge >= 0.3 is 0 Å². The molecule has 0 spiro atoms. The average Bonchev–Trinajstić information content (AvgIpc) is 2.38. The number of hydrogen-bond acceptors (Lipinski definition) is 3. The molecule has 0 N–H and O–H groups in total. The molecule has 5 heteroatoms. The Labute approximate surface area is 125 Å². The van der Waals surface area contributed by atoms with E-state index in [1.807, 2.05) is 25.1 Å². The van der Waals surface area contributed by atoms with E-state index >= 15 is 0 Å². The van der Waals surface area contributed by atoms with E-state index < -0.39 is 4.92 Å². The number of halogens is 1. The van der Waals surface area contributed by atoms with Crippen molar-refractivity contribution >= 4 is 21.6 Å². The summed E-state index contributed by atoms with van der Waals surface area (Å²) in [5.41, 5.74) is 3.03. The molecule has 2 aromatic carbocycles. The second-order valence-electron chi connectivity index (χ2n) is 4.53. The molecule has 104 valence electrons. The van der Waals surface area contributed by atoms with Gasteiger partial charge in [-0.15, -0.1) is 0 Å². The molecular weight excluding hydrogens is 322 g/mol. The lowest BCUT2D eigenvalue weighted by atomic mass is 10.1. The van der Waals surface area contributed by atoms with Gasteiger partial charge in [0.25, 0.3) is 5.69 Å². The fourth-order valence-electron chi connectivity index (χ4n) is 1.91. The monoisotopic (exact) mass is 335 g/mol. The van der Waals surface area contributed by atoms with Crippen LogP contribution in [0.4, 0.5) is 5.69 Å². The third kappa shape index (κ3) is 3.17. The molecule has 0 fully saturated rings. The summed E-state index contributed by atoms with van der Waals surface area (Å²) in [5.74, 6) is 1.32. The summed E-state index contributed by atoms with van der Waals surface area (Å²) >= 11 is 3.43. The molecule has 0 bridgehead atoms. The first-order valence-electron chi connectivity index (χ1n) is 6.09. The first kappa shape index (κ1) is 14.5. The number of nitrogens with zero attached hydrogens (tertiary/aromatic N) is 1. The molecule has 2 aromatic rings. The summed E-state index contributed by atoms with van der Waals surface area (Å²) in [6.45, 7) is 3.72. The van der Waals surface area contributed by atoms with Crippen molar-refractivity contribution in [3.63, 3.8) is 0 Å². The van der Waals surface area contributed by atoms with Crippen molar-refractivity contribution in [2.75, 3.05) is 0 Å². The molecule has 0 aliphatic carbocycles. The van der Waals surface area contributed by atoms with Gasteiger partial charge in [-0.05, 0) is 49.2 Å². The van der Waals surface area contributed by atoms with Crippen molar-refractivity contribution in [3.8, 4) is 11.5 Å². The average molecular weight is 336 g/mol. The highest BCUT2D eigenvalue weighted by molar-refractivity contribution is 9.08. The van der Waals surface area contributed by atoms with Crippen LogP contribution in [0.15, 0.2) is 36.4 Å². The topological polar surface area (TPSA) is 52.4 Å². The standard InChI is InChI=1S/C15H14BrNO3/c1-10-7-13(4-3-12(10)9-16)20-14-5-6-15(17(18)19)11(2)8-14/h3-8H,9H2,1-2H3. The van der Waals surface area contributed by atoms with Crippen LogP contribution in [0.25, 0.3) is 0 Å². The van der Waals surface area contributed by atoms with Crippen LogP contribution < -0.4 is 4.74 Å². The molecule has 0 amide bonds. The third-order valence-electron chi connectivity index (χ3n) is 3.06. The summed E-state index contributed by atoms with van der Waals surface area (Å²) in [4.78, 5) is 10.4. The van der Waals surface area contributed by atoms with Gasteiger partial charge in [-0.3, -0.25) is 10.1 Å². The molecule has 0 aliphatic rings. The minimum atomic E-state index is -0.395. The van der Waals surface area contributed by atoms with Gasteiger partial charge in [0.15, 0.2) is 0 Å². The Bertz CT molecular complexity index is 656. The molecule has 0 unspecified atom stereocenters. The van der Waals surface area contributed by atoms with Crippen LogP contribution in [0.5, 0.6) is 11.5 Å². The van der Waals surface area contributed by atoms with Crippen molar-refractivity contribution in [2.24, 2.45) is 0 Å². The highest BCUT2D eigenvalue weighted by Crippen LogP contribution is 2.28. The predicted octanol–water partition coefficient (Wildman–Crippen LogP) is 4.90. The second-order valence-corrected chi connectivity index (χ2v) is 5.09. The summed E-state index contributed by atoms with van der Waals surface area (Å²) in [7, 11) is 0. The minimum Gasteiger partial charge on any atom is -0.457 e. The smallest absolute Gasteiger partial charge is 0.272 e. The zero-order valence-corrected chi connectivity index (χ0v) is 12.8. The summed E-state index contributed by atoms with van der Waals surface area (Å²) in [5, 5.41) is 11.6. The van der Waals surface area contributed by atoms with Crippen LogP contribution in [-0.2, 0) is 5.33 Å². The van der Waals surface area contributed by atoms with E-state index in [4.69, 9.17) is 4.74 Å². The lowest BCUT2D eigenvalue weighted by Crippen LogP contribution is -1.93. The highest BCUT2D eigenvalue weighted by atomic mass is 79.9. The Morgan fingerprint density at radius 1 is 1.10 bits per heavy atom. The lowest BCUT2D eigenvalue weighted by Gasteiger charge is -2.09. The van der Waals surface area contributed by atoms with E-state index in [0.29, 0.717) is 11.3 Å². The van der Waals surface area contributed by atoms with Gasteiger partial charge < -0.3 is 4.74 Å². The third-order valence-corrected chi connectivity index (χ3v) is 3.66. The van der Waals surface area contributed by atoms with Gasteiger partial charge in [-0.2, -0.15) is 0 Å². The van der Waals surface area contributed by atoms with Crippen molar-refractivity contribution in [2.45, 2.75) is 19.2 Å². The fraction of sp³-hybridized carbons (Fsp3) is 0.200. The summed E-state index contributed by atoms with van der Waals surface area (Å²) < 4.78 is 5.74. The number of ether oxygens (including phenoxy) is 1. The van der Waals surface area contributed by atoms with Crippen LogP contribution >= 0.6 is 15.9 Å². The summed E-state index contributed by atoms with van der Waals surface area (Å²) in [6, 6.07) is 10.6. The van der Waals surface area contributed by atoms with Crippen LogP contribution in [0.2, 0.25) is 0 Å². The van der Waals surface area contributed by atoms with E-state index in [-0.39, 0.29) is 5.69 Å². The van der Waals surface area contributed by atoms with E-state index in [0.717, 1.165) is 16.6 Å². The van der Waals surface area contributed by atoms with Gasteiger partial charge in [0.05, 0.1) is 4.92 Å². The number of alkyl halides is 1. The molecule has 0 saturated carbocycles. The first-order valence-corrected chi connectivity index (χ1v) is 7.22. The van der Waals surface area contributed by atoms with Crippen molar-refractivity contribution in [1.82, 2.24) is 0 Å². The number of nitro groups is 1. The number of nitro benzene ring substituents is 1. The molecule has 0 aliphatic heterocycles. The number of aryl methyl sites for hydroxylation is 2. The molecule has 0 atom stereocenters. The van der Waals surface area contributed by atoms with Gasteiger partial charge in [0, 0.05) is 17.0 Å². The van der Waals surface area contributed by atoms with E-state index in [9.17, 15) is 10.1 Å². The number of benzene rings is 2. The highest BCUT2D eigenvalue weighted by Gasteiger charge is 2.11. The quantitative estimate of drug-likeness (QED) is 0.453. The normalized spacial score (nSPS) is 10.3. The van der Waals surface area contributed by atoms with Gasteiger partial charge in [-0.25, -0.2) is 0 Å². The van der Waals surface area contributed by atoms with Crippen molar-refractivity contribution < 1.29 is 9.66 Å². The largest absolute Gasteiger partial charge is 0.457 e. The first-order chi connectivity index (χ1) is 9.51. The van der Waals surface area contributed by atoms with Gasteiger partial charge in [-0.1, -0.05) is 22.0 Å². The van der Waals surface area contributed by atoms with Crippen molar-refractivity contribution in [3.05, 3.63) is 63.2 Å². The van der Waals surface area contributed by atoms with Gasteiger partial charge in [0.2, 0.25) is 0 Å². The molecule has 0 heterocycles. The van der Waals surface area contributed by atoms with E-state index in [1.165, 1.54) is 11.6 Å². The Morgan fingerprint density at radius 2 is 1.70 bits per heavy atom. The summed E-state index contributed by atoms with van der Waals surface area (Å²) in [6.07, 6.45) is 0. The molecule has 0 radical (unpaired) electrons. The maximum absolute atomic E-state index is 10.8. The van der Waals surface area contributed by atoms with Crippen LogP contribution in [0, 0.1) is 24.0 Å². The molecule has 20 heavy (non-hydrogen) atoms. The number of rotatable bonds is 4. The fourth-order valence-corrected chi connectivity index (χ4v) is 2.54. The Kier molecular flexibility index (Phi) is 4.39. The van der Waals surface area contributed by atoms with E-state index in [2.05, 4.69) is 15.9 Å². The lowest BCUT2D eigenvalue weighted by molar-refractivity contribution is -0.385. The van der Waals surface area contributed by atoms with E-state index in [1.54, 1.807) is 19.1 Å². The molecular formula is C15H14BrNO3. The van der Waals surface area contributed by atoms with Crippen molar-refractivity contribution in [1.29, 1.82) is 0 Å². The minimum absolute atomic E-state index is 0.100. The molecule has 2 rings (SSSR count). The molecule has 0 saturated heterocycles. The number of hydrogen-bond donors (Lipinski definition) is 0. The molecule has 4 nitrogen and oxygen atoms in total. The SMILES string of the molecule is Cc1cc(Oc2ccc([N+](=O)[O-])c(C)c2)ccc1CBr. The Morgan fingerprint density at radius 3 is 2.20 bits per heavy atom. The van der Waals surface area contributed by atoms with Crippen LogP contribution in [0.1, 0.15) is 16.7 Å². The molecule has 0 aromatic heterocycles. The second kappa shape index (κ2) is 6.05. The van der Waals surface area contributed by atoms with Crippen LogP contribution in [-0.4, -0.2) is 4.92 Å². The Balaban J connectivity index is 2.24. The van der Waals surface area contributed by atoms with Crippen LogP contribution in [0.3, 0.4) is 0 Å². The zero-order chi connectivity index (χ0) is 14.7. The Hall–Kier alpha value is -1.88. The zero-order valence-electron chi connectivity index (χ0n) is 11.2. The predicted molar refractivity (Wildman–Crippen MR) is 81.7 cm³/mol. The maximum Gasteiger partial charge on any atom is 0.272 e. The maximum atomic E-state index is 10.8. The van der Waals surface area contributed by atoms with Gasteiger partial charge in [0.1, 0.15) is 11.5 Å².